The molecule has 1 aromatic heterocycles. The second-order valence-electron chi connectivity index (χ2n) is 4.76. The van der Waals surface area contributed by atoms with Gasteiger partial charge in [-0.25, -0.2) is 0 Å². The topological polar surface area (TPSA) is 29.3 Å². The first-order valence-electron chi connectivity index (χ1n) is 6.49. The van der Waals surface area contributed by atoms with Gasteiger partial charge in [0.2, 0.25) is 0 Å². The third-order valence-corrected chi connectivity index (χ3v) is 4.69. The number of rotatable bonds is 6. The molecule has 0 spiro atoms. The van der Waals surface area contributed by atoms with Gasteiger partial charge in [-0.15, -0.1) is 11.3 Å². The molecule has 0 saturated carbocycles. The van der Waals surface area contributed by atoms with E-state index in [2.05, 4.69) is 29.5 Å². The predicted octanol–water partition coefficient (Wildman–Crippen LogP) is 4.23. The maximum atomic E-state index is 6.07. The first kappa shape index (κ1) is 15.8. The maximum Gasteiger partial charge on any atom is 0.0468 e. The molecule has 2 aromatic rings. The van der Waals surface area contributed by atoms with Crippen molar-refractivity contribution in [3.05, 3.63) is 56.2 Å². The number of nitrogens with zero attached hydrogens (tertiary/aromatic N) is 1. The Morgan fingerprint density at radius 3 is 2.50 bits per heavy atom. The Hall–Kier alpha value is -0.580. The third-order valence-electron chi connectivity index (χ3n) is 3.32. The summed E-state index contributed by atoms with van der Waals surface area (Å²) in [7, 11) is 2.08. The normalized spacial score (nSPS) is 12.8. The van der Waals surface area contributed by atoms with Crippen LogP contribution < -0.4 is 5.73 Å². The van der Waals surface area contributed by atoms with Gasteiger partial charge in [-0.05, 0) is 48.7 Å². The standard InChI is InChI=1S/C15H18Cl2N2S/c1-19(5-4-14-3-2-6-20-14)15(10-18)11-7-12(16)9-13(17)8-11/h2-3,6-9,15H,4-5,10,18H2,1H3. The van der Waals surface area contributed by atoms with Crippen molar-refractivity contribution >= 4 is 34.5 Å². The molecule has 0 aliphatic rings. The molecule has 2 rings (SSSR count). The second-order valence-corrected chi connectivity index (χ2v) is 6.67. The van der Waals surface area contributed by atoms with Crippen LogP contribution >= 0.6 is 34.5 Å². The fourth-order valence-corrected chi connectivity index (χ4v) is 3.48. The van der Waals surface area contributed by atoms with Crippen molar-refractivity contribution in [3.8, 4) is 0 Å². The Bertz CT molecular complexity index is 523. The van der Waals surface area contributed by atoms with E-state index in [1.165, 1.54) is 4.88 Å². The average Bonchev–Trinajstić information content (AvgIpc) is 2.89. The quantitative estimate of drug-likeness (QED) is 0.859. The number of thiophene rings is 1. The molecule has 0 amide bonds. The molecule has 1 heterocycles. The molecule has 1 aromatic carbocycles. The van der Waals surface area contributed by atoms with Crippen LogP contribution in [-0.2, 0) is 6.42 Å². The molecule has 0 radical (unpaired) electrons. The van der Waals surface area contributed by atoms with E-state index in [1.807, 2.05) is 12.1 Å². The van der Waals surface area contributed by atoms with Gasteiger partial charge in [-0.1, -0.05) is 29.3 Å². The SMILES string of the molecule is CN(CCc1cccs1)C(CN)c1cc(Cl)cc(Cl)c1. The van der Waals surface area contributed by atoms with Crippen LogP contribution in [0.15, 0.2) is 35.7 Å². The van der Waals surface area contributed by atoms with Crippen LogP contribution in [-0.4, -0.2) is 25.0 Å². The van der Waals surface area contributed by atoms with Crippen LogP contribution in [0.1, 0.15) is 16.5 Å². The van der Waals surface area contributed by atoms with E-state index in [9.17, 15) is 0 Å². The summed E-state index contributed by atoms with van der Waals surface area (Å²) in [5.74, 6) is 0. The Balaban J connectivity index is 2.06. The van der Waals surface area contributed by atoms with Crippen molar-refractivity contribution < 1.29 is 0 Å². The van der Waals surface area contributed by atoms with Crippen molar-refractivity contribution in [2.45, 2.75) is 12.5 Å². The lowest BCUT2D eigenvalue weighted by Gasteiger charge is -2.27. The zero-order valence-electron chi connectivity index (χ0n) is 11.4. The highest BCUT2D eigenvalue weighted by molar-refractivity contribution is 7.09. The summed E-state index contributed by atoms with van der Waals surface area (Å²) in [6.45, 7) is 1.49. The smallest absolute Gasteiger partial charge is 0.0468 e. The van der Waals surface area contributed by atoms with Gasteiger partial charge in [0.25, 0.3) is 0 Å². The van der Waals surface area contributed by atoms with Gasteiger partial charge in [0.15, 0.2) is 0 Å². The van der Waals surface area contributed by atoms with Gasteiger partial charge in [0, 0.05) is 34.1 Å². The number of benzene rings is 1. The Labute approximate surface area is 134 Å². The van der Waals surface area contributed by atoms with Crippen molar-refractivity contribution in [2.75, 3.05) is 20.1 Å². The van der Waals surface area contributed by atoms with E-state index in [0.29, 0.717) is 16.6 Å². The maximum absolute atomic E-state index is 6.07. The van der Waals surface area contributed by atoms with Gasteiger partial charge < -0.3 is 5.73 Å². The van der Waals surface area contributed by atoms with E-state index in [0.717, 1.165) is 18.5 Å². The summed E-state index contributed by atoms with van der Waals surface area (Å²) >= 11 is 13.9. The van der Waals surface area contributed by atoms with Crippen LogP contribution in [0.2, 0.25) is 10.0 Å². The summed E-state index contributed by atoms with van der Waals surface area (Å²) in [5, 5.41) is 3.40. The van der Waals surface area contributed by atoms with Crippen molar-refractivity contribution in [1.82, 2.24) is 4.90 Å². The highest BCUT2D eigenvalue weighted by atomic mass is 35.5. The highest BCUT2D eigenvalue weighted by Crippen LogP contribution is 2.26. The Morgan fingerprint density at radius 2 is 1.95 bits per heavy atom. The zero-order chi connectivity index (χ0) is 14.5. The molecule has 108 valence electrons. The lowest BCUT2D eigenvalue weighted by Crippen LogP contribution is -2.32. The van der Waals surface area contributed by atoms with Crippen LogP contribution in [0.3, 0.4) is 0 Å². The number of likely N-dealkylation sites (N-methyl/N-ethyl adjacent to an activating group) is 1. The van der Waals surface area contributed by atoms with Crippen LogP contribution in [0.25, 0.3) is 0 Å². The van der Waals surface area contributed by atoms with E-state index in [1.54, 1.807) is 17.4 Å². The molecule has 0 bridgehead atoms. The lowest BCUT2D eigenvalue weighted by atomic mass is 10.1. The van der Waals surface area contributed by atoms with Gasteiger partial charge in [0.05, 0.1) is 0 Å². The van der Waals surface area contributed by atoms with Crippen LogP contribution in [0.5, 0.6) is 0 Å². The molecule has 5 heteroatoms. The van der Waals surface area contributed by atoms with E-state index >= 15 is 0 Å². The number of hydrogen-bond donors (Lipinski definition) is 1. The number of halogens is 2. The molecule has 0 saturated heterocycles. The molecule has 1 unspecified atom stereocenters. The third kappa shape index (κ3) is 4.21. The summed E-state index contributed by atoms with van der Waals surface area (Å²) in [6.07, 6.45) is 1.03. The minimum Gasteiger partial charge on any atom is -0.329 e. The Morgan fingerprint density at radius 1 is 1.25 bits per heavy atom. The molecular weight excluding hydrogens is 311 g/mol. The molecular formula is C15H18Cl2N2S. The first-order valence-corrected chi connectivity index (χ1v) is 8.12. The fourth-order valence-electron chi connectivity index (χ4n) is 2.24. The number of nitrogens with two attached hydrogens (primary N) is 1. The van der Waals surface area contributed by atoms with E-state index in [-0.39, 0.29) is 6.04 Å². The predicted molar refractivity (Wildman–Crippen MR) is 88.9 cm³/mol. The zero-order valence-corrected chi connectivity index (χ0v) is 13.7. The van der Waals surface area contributed by atoms with E-state index < -0.39 is 0 Å². The van der Waals surface area contributed by atoms with Crippen molar-refractivity contribution in [2.24, 2.45) is 5.73 Å². The molecule has 2 N–H and O–H groups in total. The van der Waals surface area contributed by atoms with Crippen molar-refractivity contribution in [3.63, 3.8) is 0 Å². The van der Waals surface area contributed by atoms with Gasteiger partial charge in [-0.2, -0.15) is 0 Å². The molecule has 0 fully saturated rings. The monoisotopic (exact) mass is 328 g/mol. The minimum atomic E-state index is 0.131. The summed E-state index contributed by atoms with van der Waals surface area (Å²) in [5.41, 5.74) is 7.00. The molecule has 20 heavy (non-hydrogen) atoms. The highest BCUT2D eigenvalue weighted by Gasteiger charge is 2.16. The summed E-state index contributed by atoms with van der Waals surface area (Å²) in [6, 6.07) is 9.99. The van der Waals surface area contributed by atoms with Gasteiger partial charge >= 0.3 is 0 Å². The fraction of sp³-hybridized carbons (Fsp3) is 0.333. The van der Waals surface area contributed by atoms with Gasteiger partial charge in [0.1, 0.15) is 0 Å². The first-order chi connectivity index (χ1) is 9.60. The number of hydrogen-bond acceptors (Lipinski definition) is 3. The molecule has 1 atom stereocenters. The Kier molecular flexibility index (Phi) is 5.87. The van der Waals surface area contributed by atoms with Gasteiger partial charge in [-0.3, -0.25) is 4.90 Å². The molecule has 0 aliphatic heterocycles. The van der Waals surface area contributed by atoms with Crippen LogP contribution in [0, 0.1) is 0 Å². The summed E-state index contributed by atoms with van der Waals surface area (Å²) in [4.78, 5) is 3.64. The minimum absolute atomic E-state index is 0.131. The largest absolute Gasteiger partial charge is 0.329 e. The van der Waals surface area contributed by atoms with Crippen molar-refractivity contribution in [1.29, 1.82) is 0 Å². The molecule has 2 nitrogen and oxygen atoms in total. The molecule has 0 aliphatic carbocycles. The lowest BCUT2D eigenvalue weighted by molar-refractivity contribution is 0.254. The van der Waals surface area contributed by atoms with E-state index in [4.69, 9.17) is 28.9 Å². The summed E-state index contributed by atoms with van der Waals surface area (Å²) < 4.78 is 0. The van der Waals surface area contributed by atoms with Crippen LogP contribution in [0.4, 0.5) is 0 Å². The average molecular weight is 329 g/mol. The second kappa shape index (κ2) is 7.43.